The van der Waals surface area contributed by atoms with E-state index in [0.29, 0.717) is 24.8 Å². The van der Waals surface area contributed by atoms with Gasteiger partial charge in [0.1, 0.15) is 11.9 Å². The molecular formula is C18H27N3O2. The molecule has 23 heavy (non-hydrogen) atoms. The van der Waals surface area contributed by atoms with Crippen molar-refractivity contribution in [3.63, 3.8) is 0 Å². The summed E-state index contributed by atoms with van der Waals surface area (Å²) in [6.45, 7) is 4.83. The minimum Gasteiger partial charge on any atom is -0.489 e. The molecule has 2 aliphatic heterocycles. The molecule has 2 bridgehead atoms. The molecule has 0 amide bonds. The maximum atomic E-state index is 5.94. The van der Waals surface area contributed by atoms with Crippen LogP contribution < -0.4 is 15.4 Å². The number of hydrogen-bond donors (Lipinski definition) is 2. The van der Waals surface area contributed by atoms with E-state index in [0.717, 1.165) is 24.6 Å². The van der Waals surface area contributed by atoms with Gasteiger partial charge in [0.2, 0.25) is 0 Å². The first-order chi connectivity index (χ1) is 11.1. The molecule has 1 aromatic carbocycles. The maximum absolute atomic E-state index is 5.94. The molecule has 2 saturated heterocycles. The molecule has 126 valence electrons. The van der Waals surface area contributed by atoms with E-state index in [4.69, 9.17) is 9.47 Å². The van der Waals surface area contributed by atoms with Crippen LogP contribution in [-0.4, -0.2) is 43.9 Å². The zero-order valence-corrected chi connectivity index (χ0v) is 14.2. The summed E-state index contributed by atoms with van der Waals surface area (Å²) in [6, 6.07) is 8.51. The molecule has 5 nitrogen and oxygen atoms in total. The lowest BCUT2D eigenvalue weighted by atomic mass is 9.96. The number of aliphatic imine (C=N–C) groups is 1. The standard InChI is InChI=1S/C18H27N3O2/c1-12-5-4-6-14(9-12)22-13(2)11-20-18(19-3)21-16-10-15-7-8-17(16)23-15/h4-6,9,13,15-17H,7-8,10-11H2,1-3H3,(H2,19,20,21). The Hall–Kier alpha value is -1.75. The average molecular weight is 317 g/mol. The van der Waals surface area contributed by atoms with Gasteiger partial charge in [0.05, 0.1) is 24.8 Å². The van der Waals surface area contributed by atoms with Gasteiger partial charge in [0.25, 0.3) is 0 Å². The highest BCUT2D eigenvalue weighted by Gasteiger charge is 2.41. The Morgan fingerprint density at radius 2 is 2.30 bits per heavy atom. The number of rotatable bonds is 5. The summed E-state index contributed by atoms with van der Waals surface area (Å²) in [5, 5.41) is 6.83. The summed E-state index contributed by atoms with van der Waals surface area (Å²) in [4.78, 5) is 4.31. The van der Waals surface area contributed by atoms with E-state index in [1.807, 2.05) is 12.1 Å². The molecule has 1 aromatic rings. The largest absolute Gasteiger partial charge is 0.489 e. The van der Waals surface area contributed by atoms with Crippen molar-refractivity contribution in [2.45, 2.75) is 57.5 Å². The van der Waals surface area contributed by atoms with Crippen molar-refractivity contribution >= 4 is 5.96 Å². The topological polar surface area (TPSA) is 54.9 Å². The fourth-order valence-corrected chi connectivity index (χ4v) is 3.36. The zero-order chi connectivity index (χ0) is 16.2. The van der Waals surface area contributed by atoms with Gasteiger partial charge in [-0.1, -0.05) is 12.1 Å². The fraction of sp³-hybridized carbons (Fsp3) is 0.611. The summed E-state index contributed by atoms with van der Waals surface area (Å²) in [7, 11) is 1.80. The van der Waals surface area contributed by atoms with Crippen molar-refractivity contribution in [1.82, 2.24) is 10.6 Å². The molecule has 3 rings (SSSR count). The third-order valence-corrected chi connectivity index (χ3v) is 4.54. The Labute approximate surface area is 138 Å². The molecule has 0 aromatic heterocycles. The van der Waals surface area contributed by atoms with Crippen molar-refractivity contribution in [3.8, 4) is 5.75 Å². The third kappa shape index (κ3) is 4.16. The first-order valence-corrected chi connectivity index (χ1v) is 8.50. The Bertz CT molecular complexity index is 561. The van der Waals surface area contributed by atoms with Gasteiger partial charge in [0, 0.05) is 7.05 Å². The van der Waals surface area contributed by atoms with Crippen LogP contribution in [0.25, 0.3) is 0 Å². The molecule has 4 atom stereocenters. The predicted molar refractivity (Wildman–Crippen MR) is 92.1 cm³/mol. The number of nitrogens with one attached hydrogen (secondary N) is 2. The van der Waals surface area contributed by atoms with Gasteiger partial charge in [-0.2, -0.15) is 0 Å². The number of fused-ring (bicyclic) bond motifs is 2. The van der Waals surface area contributed by atoms with Crippen LogP contribution in [0.3, 0.4) is 0 Å². The van der Waals surface area contributed by atoms with Crippen LogP contribution in [0.1, 0.15) is 31.7 Å². The molecule has 2 fully saturated rings. The summed E-state index contributed by atoms with van der Waals surface area (Å²) >= 11 is 0. The monoisotopic (exact) mass is 317 g/mol. The van der Waals surface area contributed by atoms with E-state index >= 15 is 0 Å². The van der Waals surface area contributed by atoms with Crippen molar-refractivity contribution in [2.24, 2.45) is 4.99 Å². The minimum atomic E-state index is 0.0617. The molecule has 0 saturated carbocycles. The molecule has 5 heteroatoms. The highest BCUT2D eigenvalue weighted by atomic mass is 16.5. The Kier molecular flexibility index (Phi) is 5.06. The van der Waals surface area contributed by atoms with Crippen LogP contribution in [0, 0.1) is 6.92 Å². The molecular weight excluding hydrogens is 290 g/mol. The van der Waals surface area contributed by atoms with Gasteiger partial charge >= 0.3 is 0 Å². The second-order valence-electron chi connectivity index (χ2n) is 6.56. The predicted octanol–water partition coefficient (Wildman–Crippen LogP) is 2.25. The second kappa shape index (κ2) is 7.21. The van der Waals surface area contributed by atoms with Crippen molar-refractivity contribution < 1.29 is 9.47 Å². The van der Waals surface area contributed by atoms with Crippen molar-refractivity contribution in [2.75, 3.05) is 13.6 Å². The van der Waals surface area contributed by atoms with Gasteiger partial charge < -0.3 is 20.1 Å². The zero-order valence-electron chi connectivity index (χ0n) is 14.2. The van der Waals surface area contributed by atoms with Crippen LogP contribution in [0.15, 0.2) is 29.3 Å². The lowest BCUT2D eigenvalue weighted by molar-refractivity contribution is 0.0992. The Balaban J connectivity index is 1.44. The van der Waals surface area contributed by atoms with E-state index in [1.165, 1.54) is 12.0 Å². The summed E-state index contributed by atoms with van der Waals surface area (Å²) in [5.74, 6) is 1.73. The Morgan fingerprint density at radius 1 is 1.43 bits per heavy atom. The number of benzene rings is 1. The minimum absolute atomic E-state index is 0.0617. The van der Waals surface area contributed by atoms with Crippen LogP contribution >= 0.6 is 0 Å². The number of hydrogen-bond acceptors (Lipinski definition) is 3. The van der Waals surface area contributed by atoms with E-state index in [9.17, 15) is 0 Å². The normalized spacial score (nSPS) is 27.8. The van der Waals surface area contributed by atoms with E-state index in [-0.39, 0.29) is 6.10 Å². The average Bonchev–Trinajstić information content (AvgIpc) is 3.14. The molecule has 0 spiro atoms. The van der Waals surface area contributed by atoms with Gasteiger partial charge in [-0.15, -0.1) is 0 Å². The smallest absolute Gasteiger partial charge is 0.191 e. The highest BCUT2D eigenvalue weighted by Crippen LogP contribution is 2.34. The van der Waals surface area contributed by atoms with E-state index < -0.39 is 0 Å². The summed E-state index contributed by atoms with van der Waals surface area (Å²) in [6.07, 6.45) is 4.30. The second-order valence-corrected chi connectivity index (χ2v) is 6.56. The Morgan fingerprint density at radius 3 is 2.96 bits per heavy atom. The fourth-order valence-electron chi connectivity index (χ4n) is 3.36. The van der Waals surface area contributed by atoms with E-state index in [1.54, 1.807) is 7.05 Å². The molecule has 2 aliphatic rings. The molecule has 0 aliphatic carbocycles. The van der Waals surface area contributed by atoms with Crippen LogP contribution in [0.2, 0.25) is 0 Å². The van der Waals surface area contributed by atoms with Gasteiger partial charge in [-0.3, -0.25) is 4.99 Å². The number of aryl methyl sites for hydroxylation is 1. The maximum Gasteiger partial charge on any atom is 0.191 e. The summed E-state index contributed by atoms with van der Waals surface area (Å²) < 4.78 is 11.8. The molecule has 0 radical (unpaired) electrons. The van der Waals surface area contributed by atoms with E-state index in [2.05, 4.69) is 41.6 Å². The van der Waals surface area contributed by atoms with Gasteiger partial charge in [0.15, 0.2) is 5.96 Å². The number of ether oxygens (including phenoxy) is 2. The first kappa shape index (κ1) is 16.1. The lowest BCUT2D eigenvalue weighted by Crippen LogP contribution is -2.49. The molecule has 4 unspecified atom stereocenters. The van der Waals surface area contributed by atoms with Gasteiger partial charge in [-0.05, 0) is 50.8 Å². The van der Waals surface area contributed by atoms with Crippen LogP contribution in [-0.2, 0) is 4.74 Å². The van der Waals surface area contributed by atoms with Crippen LogP contribution in [0.4, 0.5) is 0 Å². The SMILES string of the molecule is CN=C(NCC(C)Oc1cccc(C)c1)NC1CC2CCC1O2. The molecule has 2 N–H and O–H groups in total. The number of nitrogens with zero attached hydrogens (tertiary/aromatic N) is 1. The van der Waals surface area contributed by atoms with Crippen LogP contribution in [0.5, 0.6) is 5.75 Å². The number of guanidine groups is 1. The first-order valence-electron chi connectivity index (χ1n) is 8.50. The van der Waals surface area contributed by atoms with Gasteiger partial charge in [-0.25, -0.2) is 0 Å². The van der Waals surface area contributed by atoms with Crippen molar-refractivity contribution in [1.29, 1.82) is 0 Å². The molecule has 2 heterocycles. The quantitative estimate of drug-likeness (QED) is 0.646. The third-order valence-electron chi connectivity index (χ3n) is 4.54. The summed E-state index contributed by atoms with van der Waals surface area (Å²) in [5.41, 5.74) is 1.21. The van der Waals surface area contributed by atoms with Crippen molar-refractivity contribution in [3.05, 3.63) is 29.8 Å². The lowest BCUT2D eigenvalue weighted by Gasteiger charge is -2.24. The highest BCUT2D eigenvalue weighted by molar-refractivity contribution is 5.80.